The standard InChI is InChI=1S/C15H10Cl5NO3S/c1-8(15(20)22)21(12-4-2-3-11(18)14(12)19)25(23,24)13-7-9(16)5-6-10(13)17/h2-8H,1H3. The first-order valence-corrected chi connectivity index (χ1v) is 10.0. The SMILES string of the molecule is CC(C(=O)Cl)N(c1cccc(Cl)c1Cl)S(=O)(=O)c1cc(Cl)ccc1Cl. The van der Waals surface area contributed by atoms with E-state index in [0.29, 0.717) is 0 Å². The first kappa shape index (κ1) is 20.6. The molecule has 0 amide bonds. The maximum Gasteiger partial charge on any atom is 0.266 e. The van der Waals surface area contributed by atoms with Gasteiger partial charge in [0.1, 0.15) is 10.9 Å². The molecule has 0 N–H and O–H groups in total. The minimum Gasteiger partial charge on any atom is -0.279 e. The average molecular weight is 462 g/mol. The van der Waals surface area contributed by atoms with Crippen molar-refractivity contribution in [1.82, 2.24) is 0 Å². The maximum atomic E-state index is 13.2. The van der Waals surface area contributed by atoms with Crippen molar-refractivity contribution in [1.29, 1.82) is 0 Å². The van der Waals surface area contributed by atoms with E-state index < -0.39 is 21.3 Å². The number of nitrogens with zero attached hydrogens (tertiary/aromatic N) is 1. The Hall–Kier alpha value is -0.690. The van der Waals surface area contributed by atoms with Crippen LogP contribution >= 0.6 is 58.0 Å². The molecule has 0 aliphatic rings. The van der Waals surface area contributed by atoms with Gasteiger partial charge in [0.05, 0.1) is 20.8 Å². The molecule has 2 rings (SSSR count). The zero-order valence-corrected chi connectivity index (χ0v) is 17.1. The van der Waals surface area contributed by atoms with E-state index in [9.17, 15) is 13.2 Å². The molecule has 0 heterocycles. The summed E-state index contributed by atoms with van der Waals surface area (Å²) in [4.78, 5) is 11.4. The summed E-state index contributed by atoms with van der Waals surface area (Å²) >= 11 is 29.6. The van der Waals surface area contributed by atoms with Gasteiger partial charge in [0.15, 0.2) is 0 Å². The van der Waals surface area contributed by atoms with Gasteiger partial charge in [-0.15, -0.1) is 0 Å². The molecule has 2 aromatic rings. The first-order chi connectivity index (χ1) is 11.6. The number of hydrogen-bond acceptors (Lipinski definition) is 3. The zero-order chi connectivity index (χ0) is 18.9. The van der Waals surface area contributed by atoms with Gasteiger partial charge in [0.2, 0.25) is 5.24 Å². The van der Waals surface area contributed by atoms with Crippen LogP contribution in [0.3, 0.4) is 0 Å². The average Bonchev–Trinajstić information content (AvgIpc) is 2.53. The van der Waals surface area contributed by atoms with E-state index >= 15 is 0 Å². The van der Waals surface area contributed by atoms with Gasteiger partial charge in [-0.3, -0.25) is 9.10 Å². The number of carbonyl (C=O) groups excluding carboxylic acids is 1. The molecule has 1 unspecified atom stereocenters. The Morgan fingerprint density at radius 2 is 1.68 bits per heavy atom. The first-order valence-electron chi connectivity index (χ1n) is 6.70. The largest absolute Gasteiger partial charge is 0.279 e. The van der Waals surface area contributed by atoms with E-state index in [4.69, 9.17) is 58.0 Å². The van der Waals surface area contributed by atoms with Crippen molar-refractivity contribution in [2.75, 3.05) is 4.31 Å². The lowest BCUT2D eigenvalue weighted by atomic mass is 10.3. The lowest BCUT2D eigenvalue weighted by Crippen LogP contribution is -2.42. The van der Waals surface area contributed by atoms with Crippen molar-refractivity contribution in [2.24, 2.45) is 0 Å². The molecule has 0 fully saturated rings. The van der Waals surface area contributed by atoms with Crippen molar-refractivity contribution in [3.8, 4) is 0 Å². The molecule has 0 bridgehead atoms. The molecule has 0 radical (unpaired) electrons. The molecule has 134 valence electrons. The summed E-state index contributed by atoms with van der Waals surface area (Å²) in [5.41, 5.74) is -0.00768. The molecule has 10 heteroatoms. The van der Waals surface area contributed by atoms with Crippen molar-refractivity contribution in [3.63, 3.8) is 0 Å². The van der Waals surface area contributed by atoms with Gasteiger partial charge in [0, 0.05) is 5.02 Å². The normalized spacial score (nSPS) is 12.7. The van der Waals surface area contributed by atoms with Crippen LogP contribution in [0, 0.1) is 0 Å². The van der Waals surface area contributed by atoms with Crippen LogP contribution in [0.4, 0.5) is 5.69 Å². The van der Waals surface area contributed by atoms with Crippen LogP contribution in [0.15, 0.2) is 41.3 Å². The molecule has 4 nitrogen and oxygen atoms in total. The Morgan fingerprint density at radius 3 is 2.28 bits per heavy atom. The highest BCUT2D eigenvalue weighted by Gasteiger charge is 2.35. The fraction of sp³-hybridized carbons (Fsp3) is 0.133. The van der Waals surface area contributed by atoms with Crippen LogP contribution < -0.4 is 4.31 Å². The van der Waals surface area contributed by atoms with Gasteiger partial charge in [-0.25, -0.2) is 8.42 Å². The van der Waals surface area contributed by atoms with Crippen molar-refractivity contribution in [2.45, 2.75) is 17.9 Å². The van der Waals surface area contributed by atoms with Crippen LogP contribution in [0.2, 0.25) is 20.1 Å². The second kappa shape index (κ2) is 7.91. The monoisotopic (exact) mass is 459 g/mol. The Morgan fingerprint density at radius 1 is 1.04 bits per heavy atom. The summed E-state index contributed by atoms with van der Waals surface area (Å²) in [5, 5.41) is -0.744. The van der Waals surface area contributed by atoms with E-state index in [1.165, 1.54) is 43.3 Å². The third-order valence-corrected chi connectivity index (χ3v) is 7.00. The topological polar surface area (TPSA) is 54.5 Å². The van der Waals surface area contributed by atoms with Gasteiger partial charge in [0.25, 0.3) is 10.0 Å². The van der Waals surface area contributed by atoms with Crippen molar-refractivity contribution in [3.05, 3.63) is 56.5 Å². The molecule has 2 aromatic carbocycles. The van der Waals surface area contributed by atoms with Gasteiger partial charge in [-0.05, 0) is 48.9 Å². The van der Waals surface area contributed by atoms with Crippen LogP contribution in [0.5, 0.6) is 0 Å². The summed E-state index contributed by atoms with van der Waals surface area (Å²) in [6.07, 6.45) is 0. The number of halogens is 5. The van der Waals surface area contributed by atoms with Crippen LogP contribution in [0.1, 0.15) is 6.92 Å². The molecule has 1 atom stereocenters. The Bertz CT molecular complexity index is 933. The Labute approximate surface area is 170 Å². The highest BCUT2D eigenvalue weighted by Crippen LogP contribution is 2.38. The van der Waals surface area contributed by atoms with Crippen LogP contribution in [-0.2, 0) is 14.8 Å². The maximum absolute atomic E-state index is 13.2. The number of carbonyl (C=O) groups is 1. The van der Waals surface area contributed by atoms with E-state index in [1.807, 2.05) is 0 Å². The molecule has 0 aromatic heterocycles. The number of anilines is 1. The van der Waals surface area contributed by atoms with Crippen molar-refractivity contribution < 1.29 is 13.2 Å². The summed E-state index contributed by atoms with van der Waals surface area (Å²) in [6, 6.07) is 7.07. The molecule has 25 heavy (non-hydrogen) atoms. The zero-order valence-electron chi connectivity index (χ0n) is 12.5. The lowest BCUT2D eigenvalue weighted by Gasteiger charge is -2.29. The minimum atomic E-state index is -4.32. The van der Waals surface area contributed by atoms with Gasteiger partial charge >= 0.3 is 0 Å². The molecule has 0 spiro atoms. The fourth-order valence-electron chi connectivity index (χ4n) is 2.08. The third kappa shape index (κ3) is 4.18. The third-order valence-electron chi connectivity index (χ3n) is 3.28. The predicted octanol–water partition coefficient (Wildman–Crippen LogP) is 5.65. The molecule has 0 saturated carbocycles. The predicted molar refractivity (Wildman–Crippen MR) is 103 cm³/mol. The molecular weight excluding hydrogens is 452 g/mol. The van der Waals surface area contributed by atoms with Crippen molar-refractivity contribution >= 4 is 79.0 Å². The van der Waals surface area contributed by atoms with Gasteiger partial charge < -0.3 is 0 Å². The summed E-state index contributed by atoms with van der Waals surface area (Å²) in [5.74, 6) is 0. The molecule has 0 saturated heterocycles. The highest BCUT2D eigenvalue weighted by molar-refractivity contribution is 7.93. The number of rotatable bonds is 5. The molecular formula is C15H10Cl5NO3S. The Kier molecular flexibility index (Phi) is 6.52. The van der Waals surface area contributed by atoms with E-state index in [0.717, 1.165) is 4.31 Å². The highest BCUT2D eigenvalue weighted by atomic mass is 35.5. The second-order valence-electron chi connectivity index (χ2n) is 4.93. The summed E-state index contributed by atoms with van der Waals surface area (Å²) in [6.45, 7) is 1.32. The van der Waals surface area contributed by atoms with Gasteiger partial charge in [-0.1, -0.05) is 52.5 Å². The molecule has 0 aliphatic carbocycles. The summed E-state index contributed by atoms with van der Waals surface area (Å²) in [7, 11) is -4.32. The van der Waals surface area contributed by atoms with Crippen LogP contribution in [0.25, 0.3) is 0 Å². The van der Waals surface area contributed by atoms with E-state index in [1.54, 1.807) is 0 Å². The summed E-state index contributed by atoms with van der Waals surface area (Å²) < 4.78 is 27.1. The number of sulfonamides is 1. The molecule has 0 aliphatic heterocycles. The van der Waals surface area contributed by atoms with E-state index in [2.05, 4.69) is 0 Å². The lowest BCUT2D eigenvalue weighted by molar-refractivity contribution is -0.112. The quantitative estimate of drug-likeness (QED) is 0.541. The number of benzene rings is 2. The minimum absolute atomic E-state index is 0.00768. The van der Waals surface area contributed by atoms with E-state index in [-0.39, 0.29) is 30.7 Å². The number of hydrogen-bond donors (Lipinski definition) is 0. The Balaban J connectivity index is 2.77. The fourth-order valence-corrected chi connectivity index (χ4v) is 5.05. The van der Waals surface area contributed by atoms with Gasteiger partial charge in [-0.2, -0.15) is 0 Å². The smallest absolute Gasteiger partial charge is 0.266 e. The second-order valence-corrected chi connectivity index (χ2v) is 8.71. The van der Waals surface area contributed by atoms with Crippen LogP contribution in [-0.4, -0.2) is 19.7 Å².